The summed E-state index contributed by atoms with van der Waals surface area (Å²) in [6.45, 7) is 3.14. The summed E-state index contributed by atoms with van der Waals surface area (Å²) in [7, 11) is 0. The molecular weight excluding hydrogens is 193 g/mol. The second-order valence-corrected chi connectivity index (χ2v) is 4.09. The minimum atomic E-state index is -0.448. The van der Waals surface area contributed by atoms with Gasteiger partial charge in [-0.05, 0) is 19.8 Å². The lowest BCUT2D eigenvalue weighted by Gasteiger charge is -2.27. The molecule has 4 heteroatoms. The van der Waals surface area contributed by atoms with Crippen LogP contribution >= 0.6 is 0 Å². The second kappa shape index (κ2) is 4.55. The average Bonchev–Trinajstić information content (AvgIpc) is 2.43. The van der Waals surface area contributed by atoms with Crippen LogP contribution in [0.1, 0.15) is 32.6 Å². The lowest BCUT2D eigenvalue weighted by atomic mass is 10.1. The minimum absolute atomic E-state index is 0.446. The van der Waals surface area contributed by atoms with Gasteiger partial charge in [0.05, 0.1) is 0 Å². The van der Waals surface area contributed by atoms with Gasteiger partial charge < -0.3 is 4.90 Å². The molecule has 1 aromatic rings. The fourth-order valence-corrected chi connectivity index (χ4v) is 2.10. The third kappa shape index (κ3) is 2.43. The van der Waals surface area contributed by atoms with E-state index in [-0.39, 0.29) is 0 Å². The van der Waals surface area contributed by atoms with Gasteiger partial charge in [-0.25, -0.2) is 9.97 Å². The molecule has 1 atom stereocenters. The standard InChI is InChI=1S/C11H16FN3/c1-9-5-3-2-4-6-15(9)11-7-10(12)13-8-14-11/h7-9H,2-6H2,1H3. The summed E-state index contributed by atoms with van der Waals surface area (Å²) in [5.74, 6) is 0.272. The Morgan fingerprint density at radius 2 is 2.20 bits per heavy atom. The number of rotatable bonds is 1. The van der Waals surface area contributed by atoms with Crippen LogP contribution in [0.25, 0.3) is 0 Å². The Balaban J connectivity index is 2.20. The van der Waals surface area contributed by atoms with Gasteiger partial charge in [0.25, 0.3) is 0 Å². The Morgan fingerprint density at radius 3 is 3.00 bits per heavy atom. The van der Waals surface area contributed by atoms with Gasteiger partial charge in [-0.3, -0.25) is 0 Å². The molecule has 1 fully saturated rings. The molecular formula is C11H16FN3. The van der Waals surface area contributed by atoms with Crippen LogP contribution in [0.2, 0.25) is 0 Å². The molecule has 1 unspecified atom stereocenters. The lowest BCUT2D eigenvalue weighted by Crippen LogP contribution is -2.33. The zero-order valence-electron chi connectivity index (χ0n) is 8.99. The molecule has 0 amide bonds. The lowest BCUT2D eigenvalue weighted by molar-refractivity contribution is 0.569. The van der Waals surface area contributed by atoms with Crippen molar-refractivity contribution in [3.8, 4) is 0 Å². The van der Waals surface area contributed by atoms with E-state index in [4.69, 9.17) is 0 Å². The van der Waals surface area contributed by atoms with Crippen molar-refractivity contribution in [2.24, 2.45) is 0 Å². The molecule has 0 radical (unpaired) electrons. The quantitative estimate of drug-likeness (QED) is 0.665. The number of anilines is 1. The number of aromatic nitrogens is 2. The molecule has 82 valence electrons. The zero-order chi connectivity index (χ0) is 10.7. The fraction of sp³-hybridized carbons (Fsp3) is 0.636. The van der Waals surface area contributed by atoms with Crippen molar-refractivity contribution >= 4 is 5.82 Å². The monoisotopic (exact) mass is 209 g/mol. The number of hydrogen-bond donors (Lipinski definition) is 0. The van der Waals surface area contributed by atoms with Gasteiger partial charge in [0.15, 0.2) is 0 Å². The molecule has 0 saturated carbocycles. The van der Waals surface area contributed by atoms with E-state index in [2.05, 4.69) is 21.8 Å². The maximum Gasteiger partial charge on any atom is 0.218 e. The summed E-state index contributed by atoms with van der Waals surface area (Å²) in [4.78, 5) is 9.79. The van der Waals surface area contributed by atoms with Crippen molar-refractivity contribution in [1.29, 1.82) is 0 Å². The first-order chi connectivity index (χ1) is 7.27. The van der Waals surface area contributed by atoms with Crippen LogP contribution < -0.4 is 4.90 Å². The minimum Gasteiger partial charge on any atom is -0.354 e. The van der Waals surface area contributed by atoms with Gasteiger partial charge in [-0.15, -0.1) is 0 Å². The summed E-state index contributed by atoms with van der Waals surface area (Å²) < 4.78 is 13.0. The van der Waals surface area contributed by atoms with Crippen LogP contribution in [0, 0.1) is 5.95 Å². The van der Waals surface area contributed by atoms with E-state index in [1.807, 2.05) is 0 Å². The Hall–Kier alpha value is -1.19. The highest BCUT2D eigenvalue weighted by molar-refractivity contribution is 5.38. The van der Waals surface area contributed by atoms with Crippen molar-refractivity contribution in [2.45, 2.75) is 38.6 Å². The van der Waals surface area contributed by atoms with Crippen LogP contribution in [0.3, 0.4) is 0 Å². The highest BCUT2D eigenvalue weighted by atomic mass is 19.1. The first kappa shape index (κ1) is 10.3. The van der Waals surface area contributed by atoms with Gasteiger partial charge in [0.1, 0.15) is 12.1 Å². The molecule has 3 nitrogen and oxygen atoms in total. The van der Waals surface area contributed by atoms with E-state index in [0.717, 1.165) is 25.2 Å². The molecule has 1 saturated heterocycles. The molecule has 1 aliphatic rings. The van der Waals surface area contributed by atoms with E-state index in [0.29, 0.717) is 6.04 Å². The summed E-state index contributed by atoms with van der Waals surface area (Å²) >= 11 is 0. The number of halogens is 1. The zero-order valence-corrected chi connectivity index (χ0v) is 8.99. The Labute approximate surface area is 89.3 Å². The molecule has 1 aromatic heterocycles. The summed E-state index contributed by atoms with van der Waals surface area (Å²) in [6, 6.07) is 1.86. The first-order valence-electron chi connectivity index (χ1n) is 5.51. The van der Waals surface area contributed by atoms with Gasteiger partial charge >= 0.3 is 0 Å². The molecule has 15 heavy (non-hydrogen) atoms. The summed E-state index contributed by atoms with van der Waals surface area (Å²) in [5.41, 5.74) is 0. The second-order valence-electron chi connectivity index (χ2n) is 4.09. The van der Waals surface area contributed by atoms with Gasteiger partial charge in [-0.2, -0.15) is 4.39 Å². The Morgan fingerprint density at radius 1 is 1.33 bits per heavy atom. The molecule has 0 N–H and O–H groups in total. The predicted octanol–water partition coefficient (Wildman–Crippen LogP) is 2.38. The summed E-state index contributed by atoms with van der Waals surface area (Å²) in [6.07, 6.45) is 6.13. The molecule has 0 spiro atoms. The van der Waals surface area contributed by atoms with Gasteiger partial charge in [0, 0.05) is 18.7 Å². The SMILES string of the molecule is CC1CCCCCN1c1cc(F)ncn1. The maximum absolute atomic E-state index is 13.0. The molecule has 2 heterocycles. The van der Waals surface area contributed by atoms with E-state index < -0.39 is 5.95 Å². The van der Waals surface area contributed by atoms with Crippen LogP contribution in [0.15, 0.2) is 12.4 Å². The topological polar surface area (TPSA) is 29.0 Å². The molecule has 0 bridgehead atoms. The van der Waals surface area contributed by atoms with Crippen molar-refractivity contribution in [3.05, 3.63) is 18.3 Å². The van der Waals surface area contributed by atoms with Gasteiger partial charge in [0.2, 0.25) is 5.95 Å². The van der Waals surface area contributed by atoms with Crippen LogP contribution in [-0.2, 0) is 0 Å². The summed E-state index contributed by atoms with van der Waals surface area (Å²) in [5, 5.41) is 0. The van der Waals surface area contributed by atoms with Crippen LogP contribution in [0.5, 0.6) is 0 Å². The van der Waals surface area contributed by atoms with Crippen LogP contribution in [-0.4, -0.2) is 22.6 Å². The number of hydrogen-bond acceptors (Lipinski definition) is 3. The molecule has 0 aromatic carbocycles. The normalized spacial score (nSPS) is 22.5. The van der Waals surface area contributed by atoms with E-state index in [9.17, 15) is 4.39 Å². The van der Waals surface area contributed by atoms with Crippen molar-refractivity contribution in [1.82, 2.24) is 9.97 Å². The first-order valence-corrected chi connectivity index (χ1v) is 5.51. The third-order valence-corrected chi connectivity index (χ3v) is 2.97. The Kier molecular flexibility index (Phi) is 3.14. The van der Waals surface area contributed by atoms with Gasteiger partial charge in [-0.1, -0.05) is 12.8 Å². The van der Waals surface area contributed by atoms with Crippen molar-refractivity contribution < 1.29 is 4.39 Å². The smallest absolute Gasteiger partial charge is 0.218 e. The molecule has 1 aliphatic heterocycles. The van der Waals surface area contributed by atoms with Crippen molar-refractivity contribution in [2.75, 3.05) is 11.4 Å². The molecule has 2 rings (SSSR count). The van der Waals surface area contributed by atoms with E-state index >= 15 is 0 Å². The largest absolute Gasteiger partial charge is 0.354 e. The third-order valence-electron chi connectivity index (χ3n) is 2.97. The fourth-order valence-electron chi connectivity index (χ4n) is 2.10. The average molecular weight is 209 g/mol. The highest BCUT2D eigenvalue weighted by Crippen LogP contribution is 2.21. The van der Waals surface area contributed by atoms with Crippen molar-refractivity contribution in [3.63, 3.8) is 0 Å². The molecule has 0 aliphatic carbocycles. The van der Waals surface area contributed by atoms with E-state index in [1.54, 1.807) is 0 Å². The number of nitrogens with zero attached hydrogens (tertiary/aromatic N) is 3. The highest BCUT2D eigenvalue weighted by Gasteiger charge is 2.18. The Bertz CT molecular complexity index is 329. The maximum atomic E-state index is 13.0. The van der Waals surface area contributed by atoms with Crippen LogP contribution in [0.4, 0.5) is 10.2 Å². The predicted molar refractivity (Wildman–Crippen MR) is 57.3 cm³/mol. The van der Waals surface area contributed by atoms with E-state index in [1.165, 1.54) is 25.2 Å².